The average molecular weight is 465 g/mol. The lowest BCUT2D eigenvalue weighted by Crippen LogP contribution is -2.22. The molecule has 0 bridgehead atoms. The molecule has 0 radical (unpaired) electrons. The molecule has 2 aromatic carbocycles. The van der Waals surface area contributed by atoms with E-state index in [0.29, 0.717) is 42.4 Å². The molecule has 33 heavy (non-hydrogen) atoms. The second-order valence-corrected chi connectivity index (χ2v) is 10.4. The lowest BCUT2D eigenvalue weighted by molar-refractivity contribution is 0.00759. The molecule has 0 spiro atoms. The van der Waals surface area contributed by atoms with Crippen molar-refractivity contribution in [3.05, 3.63) is 57.7 Å². The molecule has 0 heterocycles. The van der Waals surface area contributed by atoms with Gasteiger partial charge in [0.1, 0.15) is 0 Å². The summed E-state index contributed by atoms with van der Waals surface area (Å²) in [7, 11) is 0. The van der Waals surface area contributed by atoms with E-state index in [1.54, 1.807) is 6.07 Å². The summed E-state index contributed by atoms with van der Waals surface area (Å²) in [4.78, 5) is 0. The van der Waals surface area contributed by atoms with E-state index < -0.39 is 23.3 Å². The largest absolute Gasteiger partial charge is 0.378 e. The number of hydrogen-bond acceptors (Lipinski definition) is 1. The van der Waals surface area contributed by atoms with E-state index in [1.165, 1.54) is 19.4 Å². The zero-order valence-corrected chi connectivity index (χ0v) is 20.6. The summed E-state index contributed by atoms with van der Waals surface area (Å²) >= 11 is 0. The Labute approximate surface area is 195 Å². The number of benzene rings is 2. The number of ether oxygens (including phenoxy) is 1. The van der Waals surface area contributed by atoms with Crippen LogP contribution >= 0.6 is 0 Å². The van der Waals surface area contributed by atoms with Crippen molar-refractivity contribution in [2.75, 3.05) is 6.61 Å². The maximum absolute atomic E-state index is 15.0. The minimum atomic E-state index is -1.10. The van der Waals surface area contributed by atoms with Crippen molar-refractivity contribution in [3.8, 4) is 11.1 Å². The van der Waals surface area contributed by atoms with E-state index in [4.69, 9.17) is 4.74 Å². The van der Waals surface area contributed by atoms with Crippen LogP contribution in [0.2, 0.25) is 0 Å². The molecule has 0 aromatic heterocycles. The first-order valence-electron chi connectivity index (χ1n) is 12.1. The molecule has 0 amide bonds. The van der Waals surface area contributed by atoms with Gasteiger partial charge in [-0.3, -0.25) is 0 Å². The third kappa shape index (κ3) is 5.62. The molecule has 0 aliphatic heterocycles. The van der Waals surface area contributed by atoms with Crippen LogP contribution in [-0.2, 0) is 17.6 Å². The third-order valence-corrected chi connectivity index (χ3v) is 7.02. The highest BCUT2D eigenvalue weighted by Crippen LogP contribution is 2.43. The van der Waals surface area contributed by atoms with Crippen molar-refractivity contribution in [3.63, 3.8) is 0 Å². The van der Waals surface area contributed by atoms with Crippen molar-refractivity contribution in [2.24, 2.45) is 17.8 Å². The number of aryl methyl sites for hydroxylation is 2. The van der Waals surface area contributed by atoms with Crippen LogP contribution in [-0.4, -0.2) is 12.7 Å². The number of hydrogen-bond donors (Lipinski definition) is 0. The van der Waals surface area contributed by atoms with Crippen LogP contribution in [0.25, 0.3) is 11.1 Å². The second kappa shape index (κ2) is 10.6. The maximum atomic E-state index is 15.0. The van der Waals surface area contributed by atoms with Gasteiger partial charge < -0.3 is 4.74 Å². The molecule has 0 N–H and O–H groups in total. The highest BCUT2D eigenvalue weighted by atomic mass is 19.2. The quantitative estimate of drug-likeness (QED) is 0.275. The van der Waals surface area contributed by atoms with E-state index in [9.17, 15) is 17.6 Å². The molecule has 0 fully saturated rings. The predicted octanol–water partition coefficient (Wildman–Crippen LogP) is 8.17. The topological polar surface area (TPSA) is 9.23 Å². The number of halogens is 4. The Morgan fingerprint density at radius 1 is 0.788 bits per heavy atom. The molecular weight excluding hydrogens is 428 g/mol. The molecule has 0 saturated heterocycles. The summed E-state index contributed by atoms with van der Waals surface area (Å²) in [5.74, 6) is -2.83. The van der Waals surface area contributed by atoms with E-state index >= 15 is 0 Å². The van der Waals surface area contributed by atoms with Gasteiger partial charge in [-0.15, -0.1) is 0 Å². The van der Waals surface area contributed by atoms with Crippen molar-refractivity contribution >= 4 is 0 Å². The number of fused-ring (bicyclic) bond motifs is 3. The minimum absolute atomic E-state index is 0.136. The summed E-state index contributed by atoms with van der Waals surface area (Å²) in [5, 5.41) is 0. The van der Waals surface area contributed by atoms with Crippen LogP contribution in [0.3, 0.4) is 0 Å². The van der Waals surface area contributed by atoms with Gasteiger partial charge >= 0.3 is 0 Å². The van der Waals surface area contributed by atoms with Crippen LogP contribution < -0.4 is 0 Å². The summed E-state index contributed by atoms with van der Waals surface area (Å²) in [6.07, 6.45) is 3.74. The highest BCUT2D eigenvalue weighted by molar-refractivity contribution is 5.78. The lowest BCUT2D eigenvalue weighted by Gasteiger charge is -2.23. The molecule has 1 aliphatic carbocycles. The standard InChI is InChI=1S/C28H36F4O/c1-15(2)7-9-17(4)19(6)33-14-16(3)8-10-20-12-22-13-21-11-18(5)25(29)27(31)23(21)24(22)28(32)26(20)30/h11-12,15-17,19H,7-10,13-14H2,1-6H3. The third-order valence-electron chi connectivity index (χ3n) is 7.02. The SMILES string of the molecule is Cc1cc2c(c(F)c1F)-c1c(cc(CCC(C)COC(C)C(C)CCC(C)C)c(F)c1F)C2. The van der Waals surface area contributed by atoms with Gasteiger partial charge in [-0.2, -0.15) is 0 Å². The van der Waals surface area contributed by atoms with Crippen LogP contribution in [0.1, 0.15) is 76.1 Å². The van der Waals surface area contributed by atoms with E-state index in [-0.39, 0.29) is 40.7 Å². The van der Waals surface area contributed by atoms with Crippen LogP contribution in [0.4, 0.5) is 17.6 Å². The first-order valence-corrected chi connectivity index (χ1v) is 12.1. The average Bonchev–Trinajstić information content (AvgIpc) is 3.13. The van der Waals surface area contributed by atoms with Crippen LogP contribution in [0.5, 0.6) is 0 Å². The Kier molecular flexibility index (Phi) is 8.26. The molecule has 1 nitrogen and oxygen atoms in total. The van der Waals surface area contributed by atoms with Crippen LogP contribution in [0, 0.1) is 47.9 Å². The Morgan fingerprint density at radius 3 is 2.03 bits per heavy atom. The molecule has 182 valence electrons. The molecule has 2 aromatic rings. The van der Waals surface area contributed by atoms with Crippen molar-refractivity contribution < 1.29 is 22.3 Å². The Bertz CT molecular complexity index is 998. The fourth-order valence-electron chi connectivity index (χ4n) is 4.56. The molecule has 3 rings (SSSR count). The molecule has 5 heteroatoms. The van der Waals surface area contributed by atoms with Gasteiger partial charge in [-0.1, -0.05) is 46.2 Å². The molecule has 0 saturated carbocycles. The van der Waals surface area contributed by atoms with Gasteiger partial charge in [-0.05, 0) is 79.5 Å². The lowest BCUT2D eigenvalue weighted by atomic mass is 9.95. The Hall–Kier alpha value is -1.88. The predicted molar refractivity (Wildman–Crippen MR) is 125 cm³/mol. The highest BCUT2D eigenvalue weighted by Gasteiger charge is 2.31. The first-order chi connectivity index (χ1) is 15.5. The van der Waals surface area contributed by atoms with Gasteiger partial charge in [0.05, 0.1) is 6.10 Å². The van der Waals surface area contributed by atoms with Gasteiger partial charge in [0.25, 0.3) is 0 Å². The molecular formula is C28H36F4O. The monoisotopic (exact) mass is 464 g/mol. The van der Waals surface area contributed by atoms with Gasteiger partial charge in [-0.25, -0.2) is 17.6 Å². The number of rotatable bonds is 10. The van der Waals surface area contributed by atoms with Crippen LogP contribution in [0.15, 0.2) is 12.1 Å². The second-order valence-electron chi connectivity index (χ2n) is 10.4. The maximum Gasteiger partial charge on any atom is 0.167 e. The van der Waals surface area contributed by atoms with Gasteiger partial charge in [0, 0.05) is 17.7 Å². The summed E-state index contributed by atoms with van der Waals surface area (Å²) in [6, 6.07) is 3.14. The minimum Gasteiger partial charge on any atom is -0.378 e. The molecule has 3 unspecified atom stereocenters. The van der Waals surface area contributed by atoms with Crippen molar-refractivity contribution in [1.29, 1.82) is 0 Å². The van der Waals surface area contributed by atoms with Gasteiger partial charge in [0.15, 0.2) is 23.3 Å². The molecule has 1 aliphatic rings. The van der Waals surface area contributed by atoms with Gasteiger partial charge in [0.2, 0.25) is 0 Å². The Balaban J connectivity index is 1.64. The van der Waals surface area contributed by atoms with E-state index in [0.717, 1.165) is 6.42 Å². The van der Waals surface area contributed by atoms with Crippen molar-refractivity contribution in [1.82, 2.24) is 0 Å². The smallest absolute Gasteiger partial charge is 0.167 e. The van der Waals surface area contributed by atoms with E-state index in [1.807, 2.05) is 6.92 Å². The normalized spacial score (nSPS) is 15.5. The van der Waals surface area contributed by atoms with E-state index in [2.05, 4.69) is 27.7 Å². The zero-order valence-electron chi connectivity index (χ0n) is 20.6. The fourth-order valence-corrected chi connectivity index (χ4v) is 4.56. The summed E-state index contributed by atoms with van der Waals surface area (Å²) < 4.78 is 64.4. The summed E-state index contributed by atoms with van der Waals surface area (Å²) in [6.45, 7) is 12.8. The Morgan fingerprint density at radius 2 is 1.39 bits per heavy atom. The van der Waals surface area contributed by atoms with Crippen molar-refractivity contribution in [2.45, 2.75) is 79.8 Å². The zero-order chi connectivity index (χ0) is 24.4. The fraction of sp³-hybridized carbons (Fsp3) is 0.571. The molecule has 3 atom stereocenters. The summed E-state index contributed by atoms with van der Waals surface area (Å²) in [5.41, 5.74) is 1.18. The first kappa shape index (κ1) is 25.7.